The van der Waals surface area contributed by atoms with Gasteiger partial charge in [0.15, 0.2) is 0 Å². The molecule has 0 fully saturated rings. The second-order valence-corrected chi connectivity index (χ2v) is 11.2. The number of aliphatic hydroxyl groups is 1. The Balaban J connectivity index is 1.36. The van der Waals surface area contributed by atoms with E-state index >= 15 is 0 Å². The Morgan fingerprint density at radius 2 is 1.62 bits per heavy atom. The zero-order chi connectivity index (χ0) is 27.4. The zero-order valence-corrected chi connectivity index (χ0v) is 22.3. The Hall–Kier alpha value is -3.98. The molecule has 4 aromatic carbocycles. The van der Waals surface area contributed by atoms with Crippen molar-refractivity contribution < 1.29 is 22.5 Å². The molecule has 39 heavy (non-hydrogen) atoms. The van der Waals surface area contributed by atoms with Crippen molar-refractivity contribution in [2.75, 3.05) is 23.4 Å². The number of carbonyl (C=O) groups excluding carboxylic acids is 1. The fourth-order valence-corrected chi connectivity index (χ4v) is 5.79. The normalized spacial score (nSPS) is 14.5. The smallest absolute Gasteiger partial charge is 0.297 e. The zero-order valence-electron chi connectivity index (χ0n) is 21.5. The number of nitrogens with one attached hydrogen (secondary N) is 1. The Morgan fingerprint density at radius 3 is 2.31 bits per heavy atom. The first-order valence-electron chi connectivity index (χ1n) is 12.8. The molecule has 1 aliphatic heterocycles. The van der Waals surface area contributed by atoms with Crippen LogP contribution >= 0.6 is 0 Å². The van der Waals surface area contributed by atoms with Gasteiger partial charge in [-0.3, -0.25) is 8.98 Å². The van der Waals surface area contributed by atoms with Gasteiger partial charge in [0.2, 0.25) is 0 Å². The summed E-state index contributed by atoms with van der Waals surface area (Å²) in [6, 6.07) is 30.1. The van der Waals surface area contributed by atoms with Crippen molar-refractivity contribution in [2.45, 2.75) is 30.4 Å². The van der Waals surface area contributed by atoms with Crippen LogP contribution in [0.25, 0.3) is 0 Å². The van der Waals surface area contributed by atoms with Crippen LogP contribution in [0.2, 0.25) is 0 Å². The van der Waals surface area contributed by atoms with Crippen LogP contribution in [-0.4, -0.2) is 38.7 Å². The number of nitrogens with zero attached hydrogens (tertiary/aromatic N) is 1. The Morgan fingerprint density at radius 1 is 0.949 bits per heavy atom. The average Bonchev–Trinajstić information content (AvgIpc) is 3.36. The van der Waals surface area contributed by atoms with Crippen LogP contribution in [0.5, 0.6) is 0 Å². The summed E-state index contributed by atoms with van der Waals surface area (Å²) < 4.78 is 30.9. The standard InChI is InChI=1S/C31H30N2O5S/c1-22-12-15-27(16-13-22)39(36,37)38-21-29(34)30(23-8-4-2-5-9-23)33-19-18-25-20-26(14-17-28(25)33)32-31(35)24-10-6-3-7-11-24/h2-17,20,29-30,34H,18-19,21H2,1H3,(H,32,35)/t29-,30+/m1/s1. The van der Waals surface area contributed by atoms with Crippen molar-refractivity contribution in [3.05, 3.63) is 125 Å². The van der Waals surface area contributed by atoms with Crippen LogP contribution in [0, 0.1) is 6.92 Å². The molecule has 0 radical (unpaired) electrons. The largest absolute Gasteiger partial charge is 0.388 e. The second kappa shape index (κ2) is 11.4. The number of rotatable bonds is 9. The van der Waals surface area contributed by atoms with Crippen molar-refractivity contribution in [3.63, 3.8) is 0 Å². The Kier molecular flexibility index (Phi) is 7.79. The molecule has 0 bridgehead atoms. The molecule has 4 aromatic rings. The Labute approximate surface area is 228 Å². The number of hydrogen-bond acceptors (Lipinski definition) is 6. The van der Waals surface area contributed by atoms with Crippen LogP contribution < -0.4 is 10.2 Å². The van der Waals surface area contributed by atoms with Gasteiger partial charge in [0.25, 0.3) is 16.0 Å². The minimum Gasteiger partial charge on any atom is -0.388 e. The maximum Gasteiger partial charge on any atom is 0.297 e. The monoisotopic (exact) mass is 542 g/mol. The molecular weight excluding hydrogens is 512 g/mol. The molecule has 0 aliphatic carbocycles. The summed E-state index contributed by atoms with van der Waals surface area (Å²) in [4.78, 5) is 14.7. The Bertz CT molecular complexity index is 1540. The van der Waals surface area contributed by atoms with Gasteiger partial charge in [-0.1, -0.05) is 66.2 Å². The van der Waals surface area contributed by atoms with Gasteiger partial charge >= 0.3 is 0 Å². The molecule has 7 nitrogen and oxygen atoms in total. The van der Waals surface area contributed by atoms with Gasteiger partial charge in [-0.25, -0.2) is 0 Å². The molecule has 1 aliphatic rings. The lowest BCUT2D eigenvalue weighted by Crippen LogP contribution is -2.38. The fourth-order valence-electron chi connectivity index (χ4n) is 4.87. The number of anilines is 2. The van der Waals surface area contributed by atoms with Crippen molar-refractivity contribution >= 4 is 27.4 Å². The molecule has 0 aromatic heterocycles. The topological polar surface area (TPSA) is 95.9 Å². The molecule has 5 rings (SSSR count). The summed E-state index contributed by atoms with van der Waals surface area (Å²) in [5.74, 6) is -0.185. The van der Waals surface area contributed by atoms with Gasteiger partial charge in [0, 0.05) is 23.5 Å². The first kappa shape index (κ1) is 26.6. The summed E-state index contributed by atoms with van der Waals surface area (Å²) in [5, 5.41) is 14.3. The summed E-state index contributed by atoms with van der Waals surface area (Å²) >= 11 is 0. The minimum absolute atomic E-state index is 0.0492. The lowest BCUT2D eigenvalue weighted by Gasteiger charge is -2.34. The molecule has 0 unspecified atom stereocenters. The SMILES string of the molecule is Cc1ccc(S(=O)(=O)OC[C@@H](O)[C@H](c2ccccc2)N2CCc3cc(NC(=O)c4ccccc4)ccc32)cc1. The van der Waals surface area contributed by atoms with E-state index in [4.69, 9.17) is 4.18 Å². The molecular formula is C31H30N2O5S. The van der Waals surface area contributed by atoms with Crippen molar-refractivity contribution in [3.8, 4) is 0 Å². The van der Waals surface area contributed by atoms with Crippen LogP contribution in [0.3, 0.4) is 0 Å². The molecule has 0 spiro atoms. The number of hydrogen-bond donors (Lipinski definition) is 2. The fraction of sp³-hybridized carbons (Fsp3) is 0.194. The van der Waals surface area contributed by atoms with E-state index in [9.17, 15) is 18.3 Å². The maximum absolute atomic E-state index is 12.8. The summed E-state index contributed by atoms with van der Waals surface area (Å²) in [6.07, 6.45) is -0.417. The predicted octanol–water partition coefficient (Wildman–Crippen LogP) is 5.12. The summed E-state index contributed by atoms with van der Waals surface area (Å²) in [7, 11) is -4.03. The van der Waals surface area contributed by atoms with Gasteiger partial charge in [-0.05, 0) is 66.9 Å². The van der Waals surface area contributed by atoms with Gasteiger partial charge in [0.1, 0.15) is 6.10 Å². The predicted molar refractivity (Wildman–Crippen MR) is 151 cm³/mol. The molecule has 2 N–H and O–H groups in total. The third-order valence-corrected chi connectivity index (χ3v) is 8.15. The molecule has 200 valence electrons. The molecule has 1 amide bonds. The number of amides is 1. The van der Waals surface area contributed by atoms with E-state index in [1.807, 2.05) is 73.7 Å². The maximum atomic E-state index is 12.8. The summed E-state index contributed by atoms with van der Waals surface area (Å²) in [5.41, 5.74) is 5.00. The molecule has 0 saturated carbocycles. The quantitative estimate of drug-likeness (QED) is 0.285. The van der Waals surface area contributed by atoms with E-state index in [0.29, 0.717) is 24.2 Å². The number of fused-ring (bicyclic) bond motifs is 1. The first-order valence-corrected chi connectivity index (χ1v) is 14.2. The number of carbonyl (C=O) groups is 1. The first-order chi connectivity index (χ1) is 18.8. The van der Waals surface area contributed by atoms with Crippen LogP contribution in [0.4, 0.5) is 11.4 Å². The third-order valence-electron chi connectivity index (χ3n) is 6.85. The van der Waals surface area contributed by atoms with E-state index in [1.54, 1.807) is 24.3 Å². The van der Waals surface area contributed by atoms with Gasteiger partial charge in [-0.2, -0.15) is 8.42 Å². The molecule has 0 saturated heterocycles. The number of benzene rings is 4. The highest BCUT2D eigenvalue weighted by molar-refractivity contribution is 7.86. The van der Waals surface area contributed by atoms with E-state index in [2.05, 4.69) is 10.2 Å². The van der Waals surface area contributed by atoms with Gasteiger partial charge in [-0.15, -0.1) is 0 Å². The molecule has 8 heteroatoms. The van der Waals surface area contributed by atoms with Crippen molar-refractivity contribution in [1.29, 1.82) is 0 Å². The van der Waals surface area contributed by atoms with Gasteiger partial charge < -0.3 is 15.3 Å². The molecule has 1 heterocycles. The second-order valence-electron chi connectivity index (χ2n) is 9.58. The average molecular weight is 543 g/mol. The highest BCUT2D eigenvalue weighted by atomic mass is 32.2. The summed E-state index contributed by atoms with van der Waals surface area (Å²) in [6.45, 7) is 2.10. The van der Waals surface area contributed by atoms with E-state index in [1.165, 1.54) is 12.1 Å². The lowest BCUT2D eigenvalue weighted by atomic mass is 9.99. The molecule has 2 atom stereocenters. The van der Waals surface area contributed by atoms with Crippen LogP contribution in [0.15, 0.2) is 108 Å². The van der Waals surface area contributed by atoms with Crippen molar-refractivity contribution in [2.24, 2.45) is 0 Å². The van der Waals surface area contributed by atoms with Crippen molar-refractivity contribution in [1.82, 2.24) is 0 Å². The number of aryl methyl sites for hydroxylation is 1. The minimum atomic E-state index is -4.03. The van der Waals surface area contributed by atoms with E-state index in [-0.39, 0.29) is 10.8 Å². The highest BCUT2D eigenvalue weighted by Crippen LogP contribution is 2.38. The lowest BCUT2D eigenvalue weighted by molar-refractivity contribution is 0.0852. The third kappa shape index (κ3) is 6.04. The number of aliphatic hydroxyl groups excluding tert-OH is 1. The van der Waals surface area contributed by atoms with Crippen LogP contribution in [0.1, 0.15) is 33.1 Å². The van der Waals surface area contributed by atoms with E-state index in [0.717, 1.165) is 22.4 Å². The van der Waals surface area contributed by atoms with E-state index < -0.39 is 28.9 Å². The van der Waals surface area contributed by atoms with Crippen LogP contribution in [-0.2, 0) is 20.7 Å². The van der Waals surface area contributed by atoms with Gasteiger partial charge in [0.05, 0.1) is 17.5 Å². The highest BCUT2D eigenvalue weighted by Gasteiger charge is 2.33.